The Morgan fingerprint density at radius 3 is 2.64 bits per heavy atom. The molecule has 1 aliphatic rings. The zero-order valence-corrected chi connectivity index (χ0v) is 18.3. The average Bonchev–Trinajstić information content (AvgIpc) is 2.81. The lowest BCUT2D eigenvalue weighted by molar-refractivity contribution is 0.0706. The van der Waals surface area contributed by atoms with Gasteiger partial charge in [0.1, 0.15) is 13.3 Å². The van der Waals surface area contributed by atoms with Gasteiger partial charge in [-0.05, 0) is 23.8 Å². The Hall–Kier alpha value is -3.78. The van der Waals surface area contributed by atoms with Gasteiger partial charge in [-0.3, -0.25) is 19.3 Å². The van der Waals surface area contributed by atoms with E-state index < -0.39 is 22.9 Å². The maximum absolute atomic E-state index is 13.9. The highest BCUT2D eigenvalue weighted by atomic mass is 35.5. The Labute approximate surface area is 194 Å². The van der Waals surface area contributed by atoms with E-state index in [-0.39, 0.29) is 36.3 Å². The molecule has 9 heteroatoms. The van der Waals surface area contributed by atoms with Crippen LogP contribution in [-0.2, 0) is 6.54 Å². The number of aromatic nitrogens is 1. The van der Waals surface area contributed by atoms with Gasteiger partial charge in [0.15, 0.2) is 23.0 Å². The van der Waals surface area contributed by atoms with Crippen molar-refractivity contribution < 1.29 is 19.0 Å². The number of nitrogens with zero attached hydrogens (tertiary/aromatic N) is 3. The number of hydrogen-bond donors (Lipinski definition) is 1. The van der Waals surface area contributed by atoms with Crippen molar-refractivity contribution >= 4 is 17.5 Å². The minimum Gasteiger partial charge on any atom is -0.502 e. The van der Waals surface area contributed by atoms with Crippen LogP contribution in [0.1, 0.15) is 16.1 Å². The van der Waals surface area contributed by atoms with Gasteiger partial charge in [-0.1, -0.05) is 54.1 Å². The summed E-state index contributed by atoms with van der Waals surface area (Å²) < 4.78 is 20.8. The van der Waals surface area contributed by atoms with Gasteiger partial charge < -0.3 is 14.7 Å². The van der Waals surface area contributed by atoms with Crippen LogP contribution in [0.15, 0.2) is 77.7 Å². The second kappa shape index (κ2) is 9.79. The molecule has 0 saturated carbocycles. The van der Waals surface area contributed by atoms with Crippen LogP contribution in [0.3, 0.4) is 0 Å². The van der Waals surface area contributed by atoms with Crippen molar-refractivity contribution in [1.29, 1.82) is 0 Å². The SMILES string of the molecule is O=C1c2c(O)c(=O)ccn2N(Cc2ccccc2)CN1C/C=C/COc1cccc(Cl)c1F. The quantitative estimate of drug-likeness (QED) is 0.536. The summed E-state index contributed by atoms with van der Waals surface area (Å²) in [5, 5.41) is 12.1. The number of carbonyl (C=O) groups is 1. The molecule has 1 aromatic heterocycles. The average molecular weight is 470 g/mol. The number of benzene rings is 2. The predicted octanol–water partition coefficient (Wildman–Crippen LogP) is 3.53. The topological polar surface area (TPSA) is 75.0 Å². The molecule has 3 aromatic rings. The number of ether oxygens (including phenoxy) is 1. The maximum Gasteiger partial charge on any atom is 0.278 e. The number of carbonyl (C=O) groups excluding carboxylic acids is 1. The molecule has 0 atom stereocenters. The summed E-state index contributed by atoms with van der Waals surface area (Å²) in [6.45, 7) is 0.973. The summed E-state index contributed by atoms with van der Waals surface area (Å²) >= 11 is 5.74. The van der Waals surface area contributed by atoms with Gasteiger partial charge in [-0.15, -0.1) is 0 Å². The van der Waals surface area contributed by atoms with Crippen LogP contribution in [0.4, 0.5) is 4.39 Å². The van der Waals surface area contributed by atoms with Crippen molar-refractivity contribution in [1.82, 2.24) is 9.58 Å². The molecule has 33 heavy (non-hydrogen) atoms. The van der Waals surface area contributed by atoms with Gasteiger partial charge in [0.05, 0.1) is 11.6 Å². The molecule has 0 fully saturated rings. The van der Waals surface area contributed by atoms with Gasteiger partial charge in [0.25, 0.3) is 5.91 Å². The number of rotatable bonds is 7. The molecule has 0 saturated heterocycles. The molecule has 2 heterocycles. The van der Waals surface area contributed by atoms with Crippen LogP contribution >= 0.6 is 11.6 Å². The van der Waals surface area contributed by atoms with E-state index in [1.54, 1.807) is 18.2 Å². The van der Waals surface area contributed by atoms with E-state index in [1.807, 2.05) is 35.3 Å². The number of halogens is 2. The molecule has 0 aliphatic carbocycles. The molecule has 0 unspecified atom stereocenters. The van der Waals surface area contributed by atoms with Crippen LogP contribution in [0.2, 0.25) is 5.02 Å². The lowest BCUT2D eigenvalue weighted by atomic mass is 10.2. The smallest absolute Gasteiger partial charge is 0.278 e. The molecule has 4 rings (SSSR count). The van der Waals surface area contributed by atoms with Gasteiger partial charge in [0, 0.05) is 18.8 Å². The second-order valence-corrected chi connectivity index (χ2v) is 7.78. The third kappa shape index (κ3) is 4.85. The molecule has 7 nitrogen and oxygen atoms in total. The molecule has 0 bridgehead atoms. The van der Waals surface area contributed by atoms with E-state index in [0.717, 1.165) is 5.56 Å². The maximum atomic E-state index is 13.9. The first kappa shape index (κ1) is 22.4. The fraction of sp³-hybridized carbons (Fsp3) is 0.167. The molecular formula is C24H21ClFN3O4. The van der Waals surface area contributed by atoms with Crippen LogP contribution in [0, 0.1) is 5.82 Å². The monoisotopic (exact) mass is 469 g/mol. The van der Waals surface area contributed by atoms with Crippen molar-refractivity contribution in [2.45, 2.75) is 6.54 Å². The van der Waals surface area contributed by atoms with Crippen LogP contribution in [-0.4, -0.2) is 40.4 Å². The normalized spacial score (nSPS) is 13.5. The summed E-state index contributed by atoms with van der Waals surface area (Å²) in [6, 6.07) is 15.4. The molecule has 0 spiro atoms. The van der Waals surface area contributed by atoms with Crippen molar-refractivity contribution in [3.63, 3.8) is 0 Å². The fourth-order valence-electron chi connectivity index (χ4n) is 3.50. The molecule has 2 aromatic carbocycles. The van der Waals surface area contributed by atoms with Crippen molar-refractivity contribution in [2.75, 3.05) is 24.8 Å². The Morgan fingerprint density at radius 1 is 1.06 bits per heavy atom. The first-order valence-corrected chi connectivity index (χ1v) is 10.6. The highest BCUT2D eigenvalue weighted by Gasteiger charge is 2.31. The summed E-state index contributed by atoms with van der Waals surface area (Å²) in [4.78, 5) is 26.5. The second-order valence-electron chi connectivity index (χ2n) is 7.38. The molecule has 170 valence electrons. The van der Waals surface area contributed by atoms with Crippen molar-refractivity contribution in [3.05, 3.63) is 105 Å². The standard InChI is InChI=1S/C24H21ClFN3O4/c25-18-9-6-10-20(21(18)26)33-14-5-4-12-27-16-28(15-17-7-2-1-3-8-17)29-13-11-19(30)23(31)22(29)24(27)32/h1-11,13,31H,12,14-16H2/b5-4+. The van der Waals surface area contributed by atoms with E-state index in [2.05, 4.69) is 0 Å². The molecule has 1 amide bonds. The number of aromatic hydroxyl groups is 1. The Balaban J connectivity index is 1.49. The number of pyridine rings is 1. The van der Waals surface area contributed by atoms with Gasteiger partial charge in [-0.25, -0.2) is 4.39 Å². The lowest BCUT2D eigenvalue weighted by Crippen LogP contribution is -2.53. The fourth-order valence-corrected chi connectivity index (χ4v) is 3.66. The zero-order valence-electron chi connectivity index (χ0n) is 17.5. The third-order valence-electron chi connectivity index (χ3n) is 5.13. The Bertz CT molecular complexity index is 1250. The van der Waals surface area contributed by atoms with E-state index >= 15 is 0 Å². The largest absolute Gasteiger partial charge is 0.502 e. The zero-order chi connectivity index (χ0) is 23.4. The first-order valence-electron chi connectivity index (χ1n) is 10.2. The molecule has 0 radical (unpaired) electrons. The number of amides is 1. The Morgan fingerprint density at radius 2 is 1.85 bits per heavy atom. The first-order chi connectivity index (χ1) is 16.0. The summed E-state index contributed by atoms with van der Waals surface area (Å²) in [5.74, 6) is -1.66. The van der Waals surface area contributed by atoms with E-state index in [9.17, 15) is 19.1 Å². The van der Waals surface area contributed by atoms with E-state index in [0.29, 0.717) is 6.54 Å². The van der Waals surface area contributed by atoms with Gasteiger partial charge >= 0.3 is 0 Å². The predicted molar refractivity (Wildman–Crippen MR) is 123 cm³/mol. The molecular weight excluding hydrogens is 449 g/mol. The molecule has 1 aliphatic heterocycles. The van der Waals surface area contributed by atoms with E-state index in [1.165, 1.54) is 34.0 Å². The van der Waals surface area contributed by atoms with Crippen molar-refractivity contribution in [2.24, 2.45) is 0 Å². The summed E-state index contributed by atoms with van der Waals surface area (Å²) in [6.07, 6.45) is 4.84. The highest BCUT2D eigenvalue weighted by Crippen LogP contribution is 2.24. The number of hydrogen-bond acceptors (Lipinski definition) is 5. The van der Waals surface area contributed by atoms with Crippen LogP contribution in [0.25, 0.3) is 0 Å². The minimum atomic E-state index is -0.632. The van der Waals surface area contributed by atoms with Crippen LogP contribution < -0.4 is 15.2 Å². The van der Waals surface area contributed by atoms with E-state index in [4.69, 9.17) is 16.3 Å². The Kier molecular flexibility index (Phi) is 6.65. The minimum absolute atomic E-state index is 0.0254. The highest BCUT2D eigenvalue weighted by molar-refractivity contribution is 6.30. The summed E-state index contributed by atoms with van der Waals surface area (Å²) in [5.41, 5.74) is 0.294. The van der Waals surface area contributed by atoms with Gasteiger partial charge in [-0.2, -0.15) is 0 Å². The van der Waals surface area contributed by atoms with Gasteiger partial charge in [0.2, 0.25) is 5.43 Å². The number of fused-ring (bicyclic) bond motifs is 1. The van der Waals surface area contributed by atoms with Crippen molar-refractivity contribution in [3.8, 4) is 11.5 Å². The molecule has 1 N–H and O–H groups in total. The third-order valence-corrected chi connectivity index (χ3v) is 5.43. The summed E-state index contributed by atoms with van der Waals surface area (Å²) in [7, 11) is 0. The van der Waals surface area contributed by atoms with Crippen LogP contribution in [0.5, 0.6) is 11.5 Å². The lowest BCUT2D eigenvalue weighted by Gasteiger charge is -2.39.